The topological polar surface area (TPSA) is 28.1 Å². The van der Waals surface area contributed by atoms with Crippen molar-refractivity contribution in [3.8, 4) is 5.75 Å². The predicted molar refractivity (Wildman–Crippen MR) is 109 cm³/mol. The molecule has 0 bridgehead atoms. The Labute approximate surface area is 165 Å². The highest BCUT2D eigenvalue weighted by Crippen LogP contribution is 2.54. The molecule has 1 saturated heterocycles. The Morgan fingerprint density at radius 1 is 1.25 bits per heavy atom. The van der Waals surface area contributed by atoms with E-state index in [0.29, 0.717) is 17.9 Å². The van der Waals surface area contributed by atoms with Crippen molar-refractivity contribution >= 4 is 11.3 Å². The molecule has 1 unspecified atom stereocenters. The van der Waals surface area contributed by atoms with Gasteiger partial charge in [-0.05, 0) is 76.5 Å². The van der Waals surface area contributed by atoms with Crippen LogP contribution in [-0.4, -0.2) is 41.8 Å². The Hall–Kier alpha value is -2.40. The average Bonchev–Trinajstić information content (AvgIpc) is 3.16. The maximum absolute atomic E-state index is 14.7. The lowest BCUT2D eigenvalue weighted by molar-refractivity contribution is 0.336. The van der Waals surface area contributed by atoms with E-state index in [-0.39, 0.29) is 11.7 Å². The molecule has 5 rings (SSSR count). The molecule has 28 heavy (non-hydrogen) atoms. The van der Waals surface area contributed by atoms with Crippen molar-refractivity contribution in [3.05, 3.63) is 59.4 Å². The fraction of sp³-hybridized carbons (Fsp3) is 0.435. The van der Waals surface area contributed by atoms with Gasteiger partial charge in [0.15, 0.2) is 0 Å². The Kier molecular flexibility index (Phi) is 4.55. The third kappa shape index (κ3) is 3.18. The summed E-state index contributed by atoms with van der Waals surface area (Å²) in [7, 11) is 0. The number of halogens is 1. The number of fused-ring (bicyclic) bond motifs is 3. The number of nitrogens with zero attached hydrogens (tertiary/aromatic N) is 3. The van der Waals surface area contributed by atoms with Crippen molar-refractivity contribution in [2.75, 3.05) is 26.2 Å². The van der Waals surface area contributed by atoms with Gasteiger partial charge < -0.3 is 14.5 Å². The number of likely N-dealkylation sites (tertiary alicyclic amines) is 1. The molecule has 5 heteroatoms. The summed E-state index contributed by atoms with van der Waals surface area (Å²) in [5, 5.41) is 0. The minimum atomic E-state index is -0.215. The van der Waals surface area contributed by atoms with Gasteiger partial charge in [-0.2, -0.15) is 0 Å². The summed E-state index contributed by atoms with van der Waals surface area (Å²) in [5.74, 6) is 1.55. The summed E-state index contributed by atoms with van der Waals surface area (Å²) < 4.78 is 20.3. The molecule has 0 spiro atoms. The molecule has 146 valence electrons. The zero-order valence-electron chi connectivity index (χ0n) is 16.3. The molecule has 3 heterocycles. The number of hydrogen-bond acceptors (Lipinski definition) is 4. The van der Waals surface area contributed by atoms with Gasteiger partial charge in [-0.25, -0.2) is 9.38 Å². The van der Waals surface area contributed by atoms with E-state index in [1.165, 1.54) is 37.7 Å². The van der Waals surface area contributed by atoms with Crippen molar-refractivity contribution in [3.63, 3.8) is 0 Å². The van der Waals surface area contributed by atoms with Crippen LogP contribution in [0.2, 0.25) is 0 Å². The van der Waals surface area contributed by atoms with Crippen LogP contribution in [0.3, 0.4) is 0 Å². The third-order valence-electron chi connectivity index (χ3n) is 5.92. The molecule has 0 aromatic heterocycles. The third-order valence-corrected chi connectivity index (χ3v) is 5.92. The van der Waals surface area contributed by atoms with Crippen LogP contribution < -0.4 is 4.74 Å². The van der Waals surface area contributed by atoms with Gasteiger partial charge >= 0.3 is 0 Å². The molecular weight excluding hydrogens is 353 g/mol. The number of hydrogen-bond donors (Lipinski definition) is 0. The Balaban J connectivity index is 1.39. The zero-order chi connectivity index (χ0) is 19.1. The molecule has 0 N–H and O–H groups in total. The monoisotopic (exact) mass is 379 g/mol. The molecule has 4 aliphatic rings. The van der Waals surface area contributed by atoms with Gasteiger partial charge in [0.1, 0.15) is 17.4 Å². The highest BCUT2D eigenvalue weighted by molar-refractivity contribution is 5.98. The molecule has 0 amide bonds. The summed E-state index contributed by atoms with van der Waals surface area (Å²) in [5.41, 5.74) is 3.87. The Morgan fingerprint density at radius 2 is 2.11 bits per heavy atom. The highest BCUT2D eigenvalue weighted by Gasteiger charge is 2.45. The summed E-state index contributed by atoms with van der Waals surface area (Å²) in [6.07, 6.45) is 11.1. The molecule has 1 aromatic rings. The van der Waals surface area contributed by atoms with E-state index in [1.807, 2.05) is 13.0 Å². The standard InChI is InChI=1S/C23H26FN3O/c1-2-28-17-7-8-20(24)18(14-17)22-19-15-21(19)27-13-9-16(25-23(22)27)6-5-12-26-10-3-4-11-26/h7-9,13-15,19H,2-6,10-12H2,1H3. The zero-order valence-corrected chi connectivity index (χ0v) is 16.3. The summed E-state index contributed by atoms with van der Waals surface area (Å²) in [6.45, 7) is 6.11. The van der Waals surface area contributed by atoms with Gasteiger partial charge in [-0.1, -0.05) is 6.08 Å². The first-order valence-corrected chi connectivity index (χ1v) is 10.4. The van der Waals surface area contributed by atoms with Gasteiger partial charge in [0, 0.05) is 34.7 Å². The fourth-order valence-electron chi connectivity index (χ4n) is 4.46. The number of rotatable bonds is 7. The van der Waals surface area contributed by atoms with Crippen molar-refractivity contribution < 1.29 is 9.13 Å². The van der Waals surface area contributed by atoms with Crippen molar-refractivity contribution in [2.45, 2.75) is 32.6 Å². The van der Waals surface area contributed by atoms with Crippen LogP contribution >= 0.6 is 0 Å². The van der Waals surface area contributed by atoms with Gasteiger partial charge in [0.2, 0.25) is 0 Å². The minimum absolute atomic E-state index is 0.179. The van der Waals surface area contributed by atoms with E-state index < -0.39 is 0 Å². The molecule has 1 aliphatic carbocycles. The van der Waals surface area contributed by atoms with E-state index in [2.05, 4.69) is 28.2 Å². The minimum Gasteiger partial charge on any atom is -0.494 e. The lowest BCUT2D eigenvalue weighted by Crippen LogP contribution is -2.21. The first-order chi connectivity index (χ1) is 13.7. The van der Waals surface area contributed by atoms with Gasteiger partial charge in [0.05, 0.1) is 6.61 Å². The van der Waals surface area contributed by atoms with E-state index >= 15 is 0 Å². The highest BCUT2D eigenvalue weighted by atomic mass is 19.1. The molecule has 3 aliphatic heterocycles. The van der Waals surface area contributed by atoms with Gasteiger partial charge in [-0.3, -0.25) is 0 Å². The first-order valence-electron chi connectivity index (χ1n) is 10.4. The lowest BCUT2D eigenvalue weighted by atomic mass is 10.00. The molecular formula is C23H26FN3O. The van der Waals surface area contributed by atoms with Crippen LogP contribution in [0.15, 0.2) is 53.1 Å². The number of ether oxygens (including phenoxy) is 1. The van der Waals surface area contributed by atoms with Crippen LogP contribution in [0.5, 0.6) is 5.75 Å². The van der Waals surface area contributed by atoms with E-state index in [0.717, 1.165) is 36.5 Å². The second-order valence-corrected chi connectivity index (χ2v) is 7.82. The summed E-state index contributed by atoms with van der Waals surface area (Å²) in [4.78, 5) is 9.58. The molecule has 1 atom stereocenters. The van der Waals surface area contributed by atoms with E-state index in [1.54, 1.807) is 6.07 Å². The molecule has 1 aromatic carbocycles. The van der Waals surface area contributed by atoms with E-state index in [4.69, 9.17) is 9.73 Å². The van der Waals surface area contributed by atoms with Crippen LogP contribution in [-0.2, 0) is 0 Å². The fourth-order valence-corrected chi connectivity index (χ4v) is 4.46. The van der Waals surface area contributed by atoms with Crippen LogP contribution in [0.25, 0.3) is 5.57 Å². The number of aliphatic imine (C=N–C) groups is 1. The quantitative estimate of drug-likeness (QED) is 0.695. The second-order valence-electron chi connectivity index (χ2n) is 7.82. The largest absolute Gasteiger partial charge is 0.494 e. The molecule has 1 fully saturated rings. The van der Waals surface area contributed by atoms with Crippen molar-refractivity contribution in [2.24, 2.45) is 10.9 Å². The SMILES string of the molecule is CCOc1ccc(F)c(C2=C3N=C(CCCN4CCCC4)C=CN3C3=CC32)c1. The second kappa shape index (κ2) is 7.21. The number of allylic oxidation sites excluding steroid dienone is 3. The van der Waals surface area contributed by atoms with Crippen LogP contribution in [0.1, 0.15) is 38.2 Å². The normalized spacial score (nSPS) is 22.9. The maximum Gasteiger partial charge on any atom is 0.142 e. The Bertz CT molecular complexity index is 908. The number of benzene rings is 1. The van der Waals surface area contributed by atoms with Crippen LogP contribution in [0.4, 0.5) is 4.39 Å². The summed E-state index contributed by atoms with van der Waals surface area (Å²) >= 11 is 0. The molecule has 0 radical (unpaired) electrons. The van der Waals surface area contributed by atoms with E-state index in [9.17, 15) is 4.39 Å². The average molecular weight is 379 g/mol. The lowest BCUT2D eigenvalue weighted by Gasteiger charge is -2.21. The summed E-state index contributed by atoms with van der Waals surface area (Å²) in [6, 6.07) is 5.00. The van der Waals surface area contributed by atoms with Crippen molar-refractivity contribution in [1.29, 1.82) is 0 Å². The van der Waals surface area contributed by atoms with Gasteiger partial charge in [-0.15, -0.1) is 0 Å². The van der Waals surface area contributed by atoms with Gasteiger partial charge in [0.25, 0.3) is 0 Å². The molecule has 4 nitrogen and oxygen atoms in total. The molecule has 0 saturated carbocycles. The Morgan fingerprint density at radius 3 is 2.93 bits per heavy atom. The smallest absolute Gasteiger partial charge is 0.142 e. The predicted octanol–water partition coefficient (Wildman–Crippen LogP) is 4.57. The maximum atomic E-state index is 14.7. The van der Waals surface area contributed by atoms with Crippen molar-refractivity contribution in [1.82, 2.24) is 9.80 Å². The first kappa shape index (κ1) is 17.7. The van der Waals surface area contributed by atoms with Crippen LogP contribution in [0, 0.1) is 11.7 Å².